The number of piperidine rings is 1. The Morgan fingerprint density at radius 3 is 2.62 bits per heavy atom. The molecule has 0 bridgehead atoms. The number of benzene rings is 1. The van der Waals surface area contributed by atoms with Crippen molar-refractivity contribution >= 4 is 5.69 Å². The number of aryl methyl sites for hydroxylation is 1. The second-order valence-electron chi connectivity index (χ2n) is 6.06. The lowest BCUT2D eigenvalue weighted by Gasteiger charge is -2.33. The van der Waals surface area contributed by atoms with E-state index in [1.165, 1.54) is 11.3 Å². The summed E-state index contributed by atoms with van der Waals surface area (Å²) in [5.74, 6) is 0.948. The Labute approximate surface area is 128 Å². The van der Waals surface area contributed by atoms with E-state index in [4.69, 9.17) is 15.2 Å². The van der Waals surface area contributed by atoms with Crippen molar-refractivity contribution in [3.63, 3.8) is 0 Å². The highest BCUT2D eigenvalue weighted by Crippen LogP contribution is 2.31. The first-order chi connectivity index (χ1) is 10.1. The van der Waals surface area contributed by atoms with Gasteiger partial charge in [-0.3, -0.25) is 0 Å². The average Bonchev–Trinajstić information content (AvgIpc) is 2.45. The van der Waals surface area contributed by atoms with Gasteiger partial charge in [0, 0.05) is 19.1 Å². The zero-order valence-corrected chi connectivity index (χ0v) is 13.5. The number of anilines is 1. The van der Waals surface area contributed by atoms with Crippen LogP contribution in [0.4, 0.5) is 5.69 Å². The Morgan fingerprint density at radius 2 is 1.95 bits per heavy atom. The molecule has 118 valence electrons. The van der Waals surface area contributed by atoms with Gasteiger partial charge in [-0.2, -0.15) is 0 Å². The van der Waals surface area contributed by atoms with Crippen LogP contribution in [0.3, 0.4) is 0 Å². The molecule has 1 aliphatic rings. The van der Waals surface area contributed by atoms with Crippen molar-refractivity contribution in [2.75, 3.05) is 31.2 Å². The van der Waals surface area contributed by atoms with E-state index in [-0.39, 0.29) is 6.10 Å². The zero-order chi connectivity index (χ0) is 15.2. The third-order valence-corrected chi connectivity index (χ3v) is 3.79. The van der Waals surface area contributed by atoms with Gasteiger partial charge >= 0.3 is 0 Å². The van der Waals surface area contributed by atoms with Gasteiger partial charge < -0.3 is 20.1 Å². The van der Waals surface area contributed by atoms with E-state index in [0.29, 0.717) is 19.3 Å². The molecule has 0 amide bonds. The van der Waals surface area contributed by atoms with Crippen molar-refractivity contribution in [3.05, 3.63) is 23.8 Å². The molecule has 0 atom stereocenters. The molecule has 2 N–H and O–H groups in total. The summed E-state index contributed by atoms with van der Waals surface area (Å²) in [7, 11) is 0. The number of nitrogens with two attached hydrogens (primary N) is 1. The first kappa shape index (κ1) is 16.1. The molecule has 0 unspecified atom stereocenters. The second kappa shape index (κ2) is 7.66. The summed E-state index contributed by atoms with van der Waals surface area (Å²) >= 11 is 0. The molecule has 1 aliphatic heterocycles. The maximum Gasteiger partial charge on any atom is 0.142 e. The fourth-order valence-electron chi connectivity index (χ4n) is 2.57. The fourth-order valence-corrected chi connectivity index (χ4v) is 2.57. The number of nitrogens with zero attached hydrogens (tertiary/aromatic N) is 1. The quantitative estimate of drug-likeness (QED) is 0.819. The van der Waals surface area contributed by atoms with Crippen LogP contribution in [0.1, 0.15) is 32.3 Å². The molecule has 0 aliphatic carbocycles. The molecule has 0 aromatic heterocycles. The Kier molecular flexibility index (Phi) is 5.88. The standard InChI is InChI=1S/C17H28N2O2/c1-13(2)20-10-11-21-17-5-4-14(3)12-16(17)19-8-6-15(18)7-9-19/h4-5,12-13,15H,6-11,18H2,1-3H3. The van der Waals surface area contributed by atoms with Crippen LogP contribution in [0.15, 0.2) is 18.2 Å². The van der Waals surface area contributed by atoms with E-state index in [0.717, 1.165) is 31.7 Å². The molecule has 1 fully saturated rings. The molecular formula is C17H28N2O2. The van der Waals surface area contributed by atoms with Gasteiger partial charge in [-0.1, -0.05) is 6.07 Å². The molecule has 0 radical (unpaired) electrons. The largest absolute Gasteiger partial charge is 0.489 e. The van der Waals surface area contributed by atoms with E-state index in [1.54, 1.807) is 0 Å². The van der Waals surface area contributed by atoms with Crippen molar-refractivity contribution in [1.82, 2.24) is 0 Å². The number of rotatable bonds is 6. The van der Waals surface area contributed by atoms with Gasteiger partial charge in [0.05, 0.1) is 18.4 Å². The molecule has 0 spiro atoms. The molecule has 1 aromatic carbocycles. The van der Waals surface area contributed by atoms with Crippen LogP contribution in [0, 0.1) is 6.92 Å². The lowest BCUT2D eigenvalue weighted by molar-refractivity contribution is 0.0553. The van der Waals surface area contributed by atoms with E-state index in [1.807, 2.05) is 13.8 Å². The predicted molar refractivity (Wildman–Crippen MR) is 87.2 cm³/mol. The molecule has 4 heteroatoms. The van der Waals surface area contributed by atoms with Gasteiger partial charge in [-0.05, 0) is 51.3 Å². The maximum atomic E-state index is 6.00. The fraction of sp³-hybridized carbons (Fsp3) is 0.647. The van der Waals surface area contributed by atoms with Crippen molar-refractivity contribution < 1.29 is 9.47 Å². The lowest BCUT2D eigenvalue weighted by Crippen LogP contribution is -2.39. The zero-order valence-electron chi connectivity index (χ0n) is 13.5. The molecule has 1 aromatic rings. The van der Waals surface area contributed by atoms with Crippen LogP contribution in [0.2, 0.25) is 0 Å². The van der Waals surface area contributed by atoms with Crippen molar-refractivity contribution in [2.24, 2.45) is 5.73 Å². The van der Waals surface area contributed by atoms with Gasteiger partial charge in [-0.25, -0.2) is 0 Å². The number of hydrogen-bond acceptors (Lipinski definition) is 4. The monoisotopic (exact) mass is 292 g/mol. The SMILES string of the molecule is Cc1ccc(OCCOC(C)C)c(N2CCC(N)CC2)c1. The third-order valence-electron chi connectivity index (χ3n) is 3.79. The summed E-state index contributed by atoms with van der Waals surface area (Å²) in [5.41, 5.74) is 8.44. The number of hydrogen-bond donors (Lipinski definition) is 1. The minimum Gasteiger partial charge on any atom is -0.489 e. The number of ether oxygens (including phenoxy) is 2. The molecule has 2 rings (SSSR count). The summed E-state index contributed by atoms with van der Waals surface area (Å²) in [4.78, 5) is 2.38. The Bertz CT molecular complexity index is 440. The van der Waals surface area contributed by atoms with Gasteiger partial charge in [0.25, 0.3) is 0 Å². The molecule has 1 heterocycles. The predicted octanol–water partition coefficient (Wildman–Crippen LogP) is 2.73. The van der Waals surface area contributed by atoms with E-state index in [2.05, 4.69) is 30.0 Å². The summed E-state index contributed by atoms with van der Waals surface area (Å²) in [6, 6.07) is 6.71. The van der Waals surface area contributed by atoms with E-state index < -0.39 is 0 Å². The summed E-state index contributed by atoms with van der Waals surface area (Å²) in [5, 5.41) is 0. The van der Waals surface area contributed by atoms with Crippen LogP contribution in [-0.2, 0) is 4.74 Å². The molecule has 1 saturated heterocycles. The summed E-state index contributed by atoms with van der Waals surface area (Å²) in [6.07, 6.45) is 2.34. The first-order valence-corrected chi connectivity index (χ1v) is 7.92. The summed E-state index contributed by atoms with van der Waals surface area (Å²) < 4.78 is 11.5. The van der Waals surface area contributed by atoms with Crippen LogP contribution in [0.5, 0.6) is 5.75 Å². The average molecular weight is 292 g/mol. The molecule has 21 heavy (non-hydrogen) atoms. The Morgan fingerprint density at radius 1 is 1.24 bits per heavy atom. The van der Waals surface area contributed by atoms with Crippen molar-refractivity contribution in [2.45, 2.75) is 45.8 Å². The molecular weight excluding hydrogens is 264 g/mol. The lowest BCUT2D eigenvalue weighted by atomic mass is 10.0. The summed E-state index contributed by atoms with van der Waals surface area (Å²) in [6.45, 7) is 9.40. The smallest absolute Gasteiger partial charge is 0.142 e. The second-order valence-corrected chi connectivity index (χ2v) is 6.06. The van der Waals surface area contributed by atoms with Crippen molar-refractivity contribution in [3.8, 4) is 5.75 Å². The first-order valence-electron chi connectivity index (χ1n) is 7.92. The highest BCUT2D eigenvalue weighted by molar-refractivity contribution is 5.60. The highest BCUT2D eigenvalue weighted by Gasteiger charge is 2.19. The molecule has 4 nitrogen and oxygen atoms in total. The van der Waals surface area contributed by atoms with Crippen molar-refractivity contribution in [1.29, 1.82) is 0 Å². The van der Waals surface area contributed by atoms with E-state index >= 15 is 0 Å². The minimum atomic E-state index is 0.245. The van der Waals surface area contributed by atoms with Crippen LogP contribution < -0.4 is 15.4 Å². The van der Waals surface area contributed by atoms with Gasteiger partial charge in [0.1, 0.15) is 12.4 Å². The Balaban J connectivity index is 2.00. The van der Waals surface area contributed by atoms with Gasteiger partial charge in [-0.15, -0.1) is 0 Å². The van der Waals surface area contributed by atoms with Crippen LogP contribution >= 0.6 is 0 Å². The maximum absolute atomic E-state index is 6.00. The third kappa shape index (κ3) is 4.90. The van der Waals surface area contributed by atoms with Crippen LogP contribution in [-0.4, -0.2) is 38.4 Å². The Hall–Kier alpha value is -1.26. The van der Waals surface area contributed by atoms with Gasteiger partial charge in [0.2, 0.25) is 0 Å². The normalized spacial score (nSPS) is 16.5. The topological polar surface area (TPSA) is 47.7 Å². The van der Waals surface area contributed by atoms with Crippen LogP contribution in [0.25, 0.3) is 0 Å². The van der Waals surface area contributed by atoms with E-state index in [9.17, 15) is 0 Å². The minimum absolute atomic E-state index is 0.245. The molecule has 0 saturated carbocycles. The van der Waals surface area contributed by atoms with Gasteiger partial charge in [0.15, 0.2) is 0 Å². The highest BCUT2D eigenvalue weighted by atomic mass is 16.5.